The molecule has 0 radical (unpaired) electrons. The number of benzene rings is 1. The zero-order valence-corrected chi connectivity index (χ0v) is 13.0. The molecule has 0 aliphatic rings. The number of aromatic nitrogens is 3. The fourth-order valence-corrected chi connectivity index (χ4v) is 2.22. The summed E-state index contributed by atoms with van der Waals surface area (Å²) in [5.41, 5.74) is 0.260. The highest BCUT2D eigenvalue weighted by Crippen LogP contribution is 2.38. The van der Waals surface area contributed by atoms with Gasteiger partial charge in [0.25, 0.3) is 5.69 Å². The van der Waals surface area contributed by atoms with Crippen molar-refractivity contribution in [1.29, 1.82) is 0 Å². The Balaban J connectivity index is 1.95. The highest BCUT2D eigenvalue weighted by molar-refractivity contribution is 6.33. The third kappa shape index (κ3) is 3.10. The lowest BCUT2D eigenvalue weighted by Crippen LogP contribution is -1.93. The standard InChI is InChI=1S/C14H10ClN5O4/c1-23-14-5-12(20(21)22)11(15)4-10(14)13-3-2-9(24-13)6-18-19-7-16-17-8-19/h2-8H,1H3/b18-6-. The van der Waals surface area contributed by atoms with Gasteiger partial charge >= 0.3 is 0 Å². The predicted molar refractivity (Wildman–Crippen MR) is 85.4 cm³/mol. The summed E-state index contributed by atoms with van der Waals surface area (Å²) >= 11 is 5.96. The fourth-order valence-electron chi connectivity index (χ4n) is 1.99. The van der Waals surface area contributed by atoms with Crippen molar-refractivity contribution in [2.45, 2.75) is 0 Å². The first kappa shape index (κ1) is 15.7. The van der Waals surface area contributed by atoms with Crippen LogP contribution in [0.15, 0.2) is 46.4 Å². The van der Waals surface area contributed by atoms with Gasteiger partial charge in [-0.2, -0.15) is 5.10 Å². The Morgan fingerprint density at radius 1 is 1.38 bits per heavy atom. The molecule has 0 bridgehead atoms. The molecular weight excluding hydrogens is 338 g/mol. The first-order valence-electron chi connectivity index (χ1n) is 6.59. The molecule has 0 aliphatic heterocycles. The third-order valence-corrected chi connectivity index (χ3v) is 3.39. The van der Waals surface area contributed by atoms with Gasteiger partial charge < -0.3 is 9.15 Å². The Hall–Kier alpha value is -3.20. The maximum atomic E-state index is 11.0. The lowest BCUT2D eigenvalue weighted by molar-refractivity contribution is -0.384. The average Bonchev–Trinajstić information content (AvgIpc) is 3.24. The highest BCUT2D eigenvalue weighted by Gasteiger charge is 2.20. The van der Waals surface area contributed by atoms with Gasteiger partial charge in [0.1, 0.15) is 34.9 Å². The number of methoxy groups -OCH3 is 1. The maximum absolute atomic E-state index is 11.0. The highest BCUT2D eigenvalue weighted by atomic mass is 35.5. The second-order valence-corrected chi connectivity index (χ2v) is 4.96. The van der Waals surface area contributed by atoms with E-state index in [1.807, 2.05) is 0 Å². The van der Waals surface area contributed by atoms with Gasteiger partial charge in [-0.05, 0) is 18.2 Å². The smallest absolute Gasteiger partial charge is 0.291 e. The van der Waals surface area contributed by atoms with Gasteiger partial charge in [0, 0.05) is 0 Å². The fraction of sp³-hybridized carbons (Fsp3) is 0.0714. The van der Waals surface area contributed by atoms with Crippen molar-refractivity contribution in [3.63, 3.8) is 0 Å². The van der Waals surface area contributed by atoms with Crippen molar-refractivity contribution in [3.05, 3.63) is 57.8 Å². The summed E-state index contributed by atoms with van der Waals surface area (Å²) in [5.74, 6) is 1.19. The molecule has 9 nitrogen and oxygen atoms in total. The molecule has 0 fully saturated rings. The Morgan fingerprint density at radius 2 is 2.12 bits per heavy atom. The summed E-state index contributed by atoms with van der Waals surface area (Å²) < 4.78 is 12.3. The van der Waals surface area contributed by atoms with Crippen LogP contribution in [0.4, 0.5) is 5.69 Å². The SMILES string of the molecule is COc1cc([N+](=O)[O-])c(Cl)cc1-c1ccc(/C=N\n2cnnc2)o1. The quantitative estimate of drug-likeness (QED) is 0.398. The number of ether oxygens (including phenoxy) is 1. The number of halogens is 1. The molecule has 0 amide bonds. The summed E-state index contributed by atoms with van der Waals surface area (Å²) in [7, 11) is 1.41. The third-order valence-electron chi connectivity index (χ3n) is 3.08. The lowest BCUT2D eigenvalue weighted by atomic mass is 10.1. The van der Waals surface area contributed by atoms with Crippen LogP contribution >= 0.6 is 11.6 Å². The van der Waals surface area contributed by atoms with Crippen LogP contribution in [-0.4, -0.2) is 33.1 Å². The molecule has 0 aliphatic carbocycles. The predicted octanol–water partition coefficient (Wildman–Crippen LogP) is 2.99. The molecule has 2 aromatic heterocycles. The Kier molecular flexibility index (Phi) is 4.25. The van der Waals surface area contributed by atoms with Crippen LogP contribution in [0.25, 0.3) is 11.3 Å². The van der Waals surface area contributed by atoms with Crippen LogP contribution in [0.1, 0.15) is 5.76 Å². The molecule has 2 heterocycles. The maximum Gasteiger partial charge on any atom is 0.291 e. The molecule has 0 unspecified atom stereocenters. The first-order chi connectivity index (χ1) is 11.6. The van der Waals surface area contributed by atoms with E-state index in [-0.39, 0.29) is 16.5 Å². The second-order valence-electron chi connectivity index (χ2n) is 4.55. The van der Waals surface area contributed by atoms with E-state index in [1.165, 1.54) is 42.8 Å². The van der Waals surface area contributed by atoms with Gasteiger partial charge in [0.15, 0.2) is 0 Å². The van der Waals surface area contributed by atoms with Gasteiger partial charge in [0.05, 0.1) is 29.9 Å². The zero-order chi connectivity index (χ0) is 17.1. The van der Waals surface area contributed by atoms with Crippen LogP contribution in [-0.2, 0) is 0 Å². The molecule has 10 heteroatoms. The summed E-state index contributed by atoms with van der Waals surface area (Å²) in [4.78, 5) is 10.4. The van der Waals surface area contributed by atoms with Gasteiger partial charge in [-0.1, -0.05) is 11.6 Å². The molecule has 3 aromatic rings. The van der Waals surface area contributed by atoms with Gasteiger partial charge in [0.2, 0.25) is 0 Å². The largest absolute Gasteiger partial charge is 0.496 e. The minimum atomic E-state index is -0.575. The minimum absolute atomic E-state index is 0.00749. The number of furan rings is 1. The van der Waals surface area contributed by atoms with Crippen molar-refractivity contribution < 1.29 is 14.1 Å². The molecule has 0 saturated heterocycles. The first-order valence-corrected chi connectivity index (χ1v) is 6.97. The van der Waals surface area contributed by atoms with Gasteiger partial charge in [-0.3, -0.25) is 10.1 Å². The minimum Gasteiger partial charge on any atom is -0.496 e. The lowest BCUT2D eigenvalue weighted by Gasteiger charge is -2.07. The monoisotopic (exact) mass is 347 g/mol. The Bertz CT molecular complexity index is 904. The molecule has 0 spiro atoms. The molecule has 0 N–H and O–H groups in total. The van der Waals surface area contributed by atoms with E-state index in [0.717, 1.165) is 0 Å². The van der Waals surface area contributed by atoms with Crippen LogP contribution in [0, 0.1) is 10.1 Å². The van der Waals surface area contributed by atoms with Crippen molar-refractivity contribution in [2.24, 2.45) is 5.10 Å². The van der Waals surface area contributed by atoms with Crippen LogP contribution < -0.4 is 4.74 Å². The Morgan fingerprint density at radius 3 is 2.79 bits per heavy atom. The van der Waals surface area contributed by atoms with E-state index in [1.54, 1.807) is 12.1 Å². The number of nitrogens with zero attached hydrogens (tertiary/aromatic N) is 5. The molecule has 0 saturated carbocycles. The topological polar surface area (TPSA) is 109 Å². The molecule has 122 valence electrons. The van der Waals surface area contributed by atoms with E-state index in [9.17, 15) is 10.1 Å². The number of rotatable bonds is 5. The van der Waals surface area contributed by atoms with E-state index in [0.29, 0.717) is 17.1 Å². The van der Waals surface area contributed by atoms with Crippen molar-refractivity contribution >= 4 is 23.5 Å². The molecule has 24 heavy (non-hydrogen) atoms. The number of nitro benzene ring substituents is 1. The van der Waals surface area contributed by atoms with E-state index in [2.05, 4.69) is 15.3 Å². The van der Waals surface area contributed by atoms with Gasteiger partial charge in [-0.25, -0.2) is 4.68 Å². The molecular formula is C14H10ClN5O4. The van der Waals surface area contributed by atoms with E-state index >= 15 is 0 Å². The summed E-state index contributed by atoms with van der Waals surface area (Å²) in [6.07, 6.45) is 4.34. The van der Waals surface area contributed by atoms with Crippen molar-refractivity contribution in [3.8, 4) is 17.1 Å². The number of nitro groups is 1. The normalized spacial score (nSPS) is 11.1. The molecule has 0 atom stereocenters. The van der Waals surface area contributed by atoms with Crippen molar-refractivity contribution in [2.75, 3.05) is 7.11 Å². The van der Waals surface area contributed by atoms with Crippen LogP contribution in [0.3, 0.4) is 0 Å². The van der Waals surface area contributed by atoms with E-state index in [4.69, 9.17) is 20.8 Å². The number of hydrogen-bond acceptors (Lipinski definition) is 7. The number of hydrogen-bond donors (Lipinski definition) is 0. The second kappa shape index (κ2) is 6.50. The van der Waals surface area contributed by atoms with Crippen molar-refractivity contribution in [1.82, 2.24) is 14.9 Å². The molecule has 3 rings (SSSR count). The summed E-state index contributed by atoms with van der Waals surface area (Å²) in [5, 5.41) is 22.3. The average molecular weight is 348 g/mol. The van der Waals surface area contributed by atoms with E-state index < -0.39 is 4.92 Å². The summed E-state index contributed by atoms with van der Waals surface area (Å²) in [6.45, 7) is 0. The van der Waals surface area contributed by atoms with Crippen LogP contribution in [0.2, 0.25) is 5.02 Å². The summed E-state index contributed by atoms with van der Waals surface area (Å²) in [6, 6.07) is 6.06. The van der Waals surface area contributed by atoms with Crippen LogP contribution in [0.5, 0.6) is 5.75 Å². The Labute approximate surface area is 140 Å². The van der Waals surface area contributed by atoms with Gasteiger partial charge in [-0.15, -0.1) is 10.2 Å². The zero-order valence-electron chi connectivity index (χ0n) is 12.3. The molecule has 1 aromatic carbocycles.